The van der Waals surface area contributed by atoms with Gasteiger partial charge in [-0.3, -0.25) is 0 Å². The van der Waals surface area contributed by atoms with Crippen LogP contribution in [0.25, 0.3) is 74.4 Å². The minimum atomic E-state index is 1.13. The predicted molar refractivity (Wildman–Crippen MR) is 209 cm³/mol. The molecule has 9 aromatic carbocycles. The fourth-order valence-electron chi connectivity index (χ4n) is 7.59. The third kappa shape index (κ3) is 4.24. The van der Waals surface area contributed by atoms with Gasteiger partial charge in [0.1, 0.15) is 0 Å². The van der Waals surface area contributed by atoms with E-state index in [-0.39, 0.29) is 0 Å². The Hall–Kier alpha value is -5.96. The molecule has 0 N–H and O–H groups in total. The maximum absolute atomic E-state index is 2.42. The van der Waals surface area contributed by atoms with E-state index in [4.69, 9.17) is 0 Å². The minimum Gasteiger partial charge on any atom is -0.310 e. The Kier molecular flexibility index (Phi) is 6.12. The Morgan fingerprint density at radius 1 is 0.333 bits per heavy atom. The highest BCUT2D eigenvalue weighted by Crippen LogP contribution is 2.44. The quantitative estimate of drug-likeness (QED) is 0.176. The van der Waals surface area contributed by atoms with Crippen molar-refractivity contribution in [3.63, 3.8) is 0 Å². The molecule has 0 unspecified atom stereocenters. The first-order valence-electron chi connectivity index (χ1n) is 16.4. The van der Waals surface area contributed by atoms with E-state index in [1.54, 1.807) is 0 Å². The molecule has 0 aliphatic rings. The van der Waals surface area contributed by atoms with Crippen LogP contribution in [0.2, 0.25) is 0 Å². The Morgan fingerprint density at radius 3 is 1.83 bits per heavy atom. The molecule has 48 heavy (non-hydrogen) atoms. The van der Waals surface area contributed by atoms with Gasteiger partial charge in [-0.2, -0.15) is 0 Å². The van der Waals surface area contributed by atoms with Crippen molar-refractivity contribution < 1.29 is 0 Å². The van der Waals surface area contributed by atoms with Crippen LogP contribution in [0.1, 0.15) is 0 Å². The first kappa shape index (κ1) is 27.2. The number of rotatable bonds is 4. The van der Waals surface area contributed by atoms with Crippen LogP contribution >= 0.6 is 11.3 Å². The lowest BCUT2D eigenvalue weighted by Gasteiger charge is -2.27. The largest absolute Gasteiger partial charge is 0.310 e. The van der Waals surface area contributed by atoms with Crippen molar-refractivity contribution in [3.05, 3.63) is 176 Å². The van der Waals surface area contributed by atoms with Gasteiger partial charge in [0.2, 0.25) is 0 Å². The minimum absolute atomic E-state index is 1.13. The zero-order valence-electron chi connectivity index (χ0n) is 26.1. The molecule has 10 aromatic rings. The van der Waals surface area contributed by atoms with Crippen LogP contribution < -0.4 is 4.90 Å². The van der Waals surface area contributed by atoms with E-state index in [9.17, 15) is 0 Å². The monoisotopic (exact) mass is 627 g/mol. The Bertz CT molecular complexity index is 2840. The van der Waals surface area contributed by atoms with Gasteiger partial charge in [-0.1, -0.05) is 127 Å². The van der Waals surface area contributed by atoms with Gasteiger partial charge >= 0.3 is 0 Å². The van der Waals surface area contributed by atoms with Gasteiger partial charge in [-0.15, -0.1) is 11.3 Å². The molecule has 0 spiro atoms. The van der Waals surface area contributed by atoms with Gasteiger partial charge < -0.3 is 4.90 Å². The lowest BCUT2D eigenvalue weighted by atomic mass is 9.92. The van der Waals surface area contributed by atoms with E-state index < -0.39 is 0 Å². The van der Waals surface area contributed by atoms with Crippen molar-refractivity contribution in [3.8, 4) is 11.1 Å². The molecule has 1 nitrogen and oxygen atoms in total. The second-order valence-corrected chi connectivity index (χ2v) is 13.6. The molecule has 0 atom stereocenters. The summed E-state index contributed by atoms with van der Waals surface area (Å²) in [6.07, 6.45) is 0. The zero-order chi connectivity index (χ0) is 31.6. The molecule has 0 radical (unpaired) electrons. The summed E-state index contributed by atoms with van der Waals surface area (Å²) in [4.78, 5) is 2.42. The molecule has 0 bridgehead atoms. The first-order chi connectivity index (χ1) is 23.8. The number of fused-ring (bicyclic) bond motifs is 10. The molecule has 0 aliphatic carbocycles. The normalized spacial score (nSPS) is 11.8. The molecular weight excluding hydrogens is 599 g/mol. The van der Waals surface area contributed by atoms with Crippen LogP contribution in [-0.4, -0.2) is 0 Å². The van der Waals surface area contributed by atoms with E-state index in [0.29, 0.717) is 0 Å². The summed E-state index contributed by atoms with van der Waals surface area (Å²) in [5.74, 6) is 0. The smallest absolute Gasteiger partial charge is 0.0540 e. The number of benzene rings is 9. The molecular formula is C46H29NS. The van der Waals surface area contributed by atoms with Crippen LogP contribution in [0.4, 0.5) is 17.1 Å². The van der Waals surface area contributed by atoms with Gasteiger partial charge in [0, 0.05) is 36.9 Å². The average molecular weight is 628 g/mol. The first-order valence-corrected chi connectivity index (χ1v) is 17.2. The lowest BCUT2D eigenvalue weighted by Crippen LogP contribution is -2.10. The Labute approximate surface area is 282 Å². The topological polar surface area (TPSA) is 3.24 Å². The number of hydrogen-bond acceptors (Lipinski definition) is 2. The molecule has 0 saturated carbocycles. The number of thiophene rings is 1. The Balaban J connectivity index is 1.21. The summed E-state index contributed by atoms with van der Waals surface area (Å²) in [7, 11) is 0. The maximum atomic E-state index is 2.42. The van der Waals surface area contributed by atoms with Gasteiger partial charge in [0.05, 0.1) is 5.69 Å². The molecule has 0 fully saturated rings. The standard InChI is InChI=1S/C46H29NS/c1-2-12-35(13-3-1)47(36-14-8-11-33(28-36)34-25-27-44-41(29-34)39-16-6-7-19-43(39)48-44)42-18-9-17-40-38(42)26-24-32-23-22-31-21-20-30-10-4-5-15-37(30)45(31)46(32)40/h1-29H. The molecule has 1 aromatic heterocycles. The van der Waals surface area contributed by atoms with Crippen molar-refractivity contribution in [2.45, 2.75) is 0 Å². The van der Waals surface area contributed by atoms with E-state index in [2.05, 4.69) is 181 Å². The van der Waals surface area contributed by atoms with Crippen molar-refractivity contribution in [1.82, 2.24) is 0 Å². The molecule has 0 saturated heterocycles. The molecule has 10 rings (SSSR count). The Morgan fingerprint density at radius 2 is 0.958 bits per heavy atom. The zero-order valence-corrected chi connectivity index (χ0v) is 26.9. The number of hydrogen-bond donors (Lipinski definition) is 0. The number of anilines is 3. The summed E-state index contributed by atoms with van der Waals surface area (Å²) in [5, 5.41) is 12.8. The van der Waals surface area contributed by atoms with Crippen LogP contribution in [0.15, 0.2) is 176 Å². The van der Waals surface area contributed by atoms with Gasteiger partial charge in [0.25, 0.3) is 0 Å². The van der Waals surface area contributed by atoms with Crippen molar-refractivity contribution >= 4 is 91.7 Å². The van der Waals surface area contributed by atoms with E-state index >= 15 is 0 Å². The summed E-state index contributed by atoms with van der Waals surface area (Å²) in [5.41, 5.74) is 5.85. The van der Waals surface area contributed by atoms with Crippen molar-refractivity contribution in [2.75, 3.05) is 4.90 Å². The third-order valence-corrected chi connectivity index (χ3v) is 10.9. The highest BCUT2D eigenvalue weighted by molar-refractivity contribution is 7.25. The molecule has 1 heterocycles. The summed E-state index contributed by atoms with van der Waals surface area (Å²) < 4.78 is 2.66. The molecule has 2 heteroatoms. The SMILES string of the molecule is c1ccc(N(c2cccc(-c3ccc4sc5ccccc5c4c3)c2)c2cccc3c2ccc2ccc4ccc5ccccc5c4c23)cc1. The van der Waals surface area contributed by atoms with E-state index in [1.807, 2.05) is 11.3 Å². The fourth-order valence-corrected chi connectivity index (χ4v) is 8.68. The maximum Gasteiger partial charge on any atom is 0.0540 e. The number of nitrogens with zero attached hydrogens (tertiary/aromatic N) is 1. The van der Waals surface area contributed by atoms with Crippen LogP contribution in [0.3, 0.4) is 0 Å². The highest BCUT2D eigenvalue weighted by atomic mass is 32.1. The van der Waals surface area contributed by atoms with Crippen molar-refractivity contribution in [2.24, 2.45) is 0 Å². The van der Waals surface area contributed by atoms with E-state index in [1.165, 1.54) is 74.4 Å². The third-order valence-electron chi connectivity index (χ3n) is 9.79. The van der Waals surface area contributed by atoms with Gasteiger partial charge in [0.15, 0.2) is 0 Å². The van der Waals surface area contributed by atoms with E-state index in [0.717, 1.165) is 17.1 Å². The lowest BCUT2D eigenvalue weighted by molar-refractivity contribution is 1.30. The second-order valence-electron chi connectivity index (χ2n) is 12.5. The number of para-hydroxylation sites is 1. The summed E-state index contributed by atoms with van der Waals surface area (Å²) in [6.45, 7) is 0. The fraction of sp³-hybridized carbons (Fsp3) is 0. The molecule has 224 valence electrons. The second kappa shape index (κ2) is 10.8. The molecule has 0 aliphatic heterocycles. The predicted octanol–water partition coefficient (Wildman–Crippen LogP) is 13.8. The van der Waals surface area contributed by atoms with Crippen LogP contribution in [0, 0.1) is 0 Å². The van der Waals surface area contributed by atoms with Gasteiger partial charge in [-0.05, 0) is 97.4 Å². The van der Waals surface area contributed by atoms with Gasteiger partial charge in [-0.25, -0.2) is 0 Å². The average Bonchev–Trinajstić information content (AvgIpc) is 3.53. The van der Waals surface area contributed by atoms with Crippen molar-refractivity contribution in [1.29, 1.82) is 0 Å². The van der Waals surface area contributed by atoms with Crippen LogP contribution in [-0.2, 0) is 0 Å². The molecule has 0 amide bonds. The summed E-state index contributed by atoms with van der Waals surface area (Å²) >= 11 is 1.86. The van der Waals surface area contributed by atoms with Crippen LogP contribution in [0.5, 0.6) is 0 Å². The summed E-state index contributed by atoms with van der Waals surface area (Å²) in [6, 6.07) is 64.5. The highest BCUT2D eigenvalue weighted by Gasteiger charge is 2.18.